The van der Waals surface area contributed by atoms with Crippen LogP contribution < -0.4 is 0 Å². The summed E-state index contributed by atoms with van der Waals surface area (Å²) in [6, 6.07) is 0. The third-order valence-corrected chi connectivity index (χ3v) is 15.6. The van der Waals surface area contributed by atoms with E-state index in [0.717, 1.165) is 116 Å². The standard InChI is InChI=1S/C76H134O6/c1-4-7-10-13-16-19-22-25-28-31-33-35-37-39-40-42-45-48-51-54-57-60-63-66-69-75(78)81-72-73(71-80-74(77)68-65-62-59-56-53-50-47-44-30-27-24-21-18-15-12-9-6-3)82-76(79)70-67-64-61-58-55-52-49-46-43-41-38-36-34-32-29-26-23-20-17-14-11-8-5-2/h9,12,18,21,23,26-27,30,32,34,38,41,47,50,73H,4-8,10-11,13-17,19-20,22,24-25,28-29,31,33,35-37,39-40,42-46,48-49,51-72H2,1-3H3/b12-9-,21-18-,26-23-,30-27-,34-32-,41-38-,50-47-. The molecule has 0 rings (SSSR count). The number of allylic oxidation sites excluding steroid dienone is 14. The quantitative estimate of drug-likeness (QED) is 0.0261. The van der Waals surface area contributed by atoms with Crippen LogP contribution in [0.2, 0.25) is 0 Å². The Morgan fingerprint density at radius 3 is 0.744 bits per heavy atom. The summed E-state index contributed by atoms with van der Waals surface area (Å²) in [5.74, 6) is -0.897. The van der Waals surface area contributed by atoms with Crippen molar-refractivity contribution in [3.05, 3.63) is 85.1 Å². The van der Waals surface area contributed by atoms with E-state index in [9.17, 15) is 14.4 Å². The summed E-state index contributed by atoms with van der Waals surface area (Å²) in [5, 5.41) is 0. The van der Waals surface area contributed by atoms with Crippen LogP contribution in [0, 0.1) is 0 Å². The molecule has 0 aliphatic heterocycles. The molecule has 82 heavy (non-hydrogen) atoms. The molecule has 0 amide bonds. The second-order valence-corrected chi connectivity index (χ2v) is 23.8. The molecule has 0 aliphatic carbocycles. The Hall–Kier alpha value is -3.41. The van der Waals surface area contributed by atoms with Crippen LogP contribution in [-0.4, -0.2) is 37.2 Å². The molecule has 0 saturated heterocycles. The van der Waals surface area contributed by atoms with Gasteiger partial charge < -0.3 is 14.2 Å². The van der Waals surface area contributed by atoms with Crippen molar-refractivity contribution in [1.29, 1.82) is 0 Å². The Bertz CT molecular complexity index is 1550. The Kier molecular flexibility index (Phi) is 67.2. The summed E-state index contributed by atoms with van der Waals surface area (Å²) in [6.45, 7) is 6.54. The number of ether oxygens (including phenoxy) is 3. The predicted octanol–water partition coefficient (Wildman–Crippen LogP) is 24.6. The lowest BCUT2D eigenvalue weighted by molar-refractivity contribution is -0.167. The van der Waals surface area contributed by atoms with Gasteiger partial charge in [0.1, 0.15) is 13.2 Å². The second-order valence-electron chi connectivity index (χ2n) is 23.8. The average molecular weight is 1140 g/mol. The molecule has 0 spiro atoms. The fourth-order valence-electron chi connectivity index (χ4n) is 10.3. The molecule has 0 aromatic rings. The van der Waals surface area contributed by atoms with E-state index in [4.69, 9.17) is 14.2 Å². The van der Waals surface area contributed by atoms with Crippen molar-refractivity contribution in [3.63, 3.8) is 0 Å². The van der Waals surface area contributed by atoms with Crippen LogP contribution in [0.15, 0.2) is 85.1 Å². The minimum Gasteiger partial charge on any atom is -0.462 e. The molecule has 1 atom stereocenters. The minimum absolute atomic E-state index is 0.0847. The first-order valence-corrected chi connectivity index (χ1v) is 35.6. The zero-order valence-electron chi connectivity index (χ0n) is 54.5. The average Bonchev–Trinajstić information content (AvgIpc) is 3.47. The first kappa shape index (κ1) is 78.6. The topological polar surface area (TPSA) is 78.9 Å². The van der Waals surface area contributed by atoms with Crippen LogP contribution in [0.3, 0.4) is 0 Å². The Balaban J connectivity index is 4.36. The van der Waals surface area contributed by atoms with Crippen molar-refractivity contribution in [3.8, 4) is 0 Å². The van der Waals surface area contributed by atoms with Crippen LogP contribution in [0.25, 0.3) is 0 Å². The van der Waals surface area contributed by atoms with E-state index in [1.807, 2.05) is 0 Å². The van der Waals surface area contributed by atoms with Crippen LogP contribution in [0.4, 0.5) is 0 Å². The van der Waals surface area contributed by atoms with Gasteiger partial charge in [0.25, 0.3) is 0 Å². The zero-order chi connectivity index (χ0) is 59.2. The fraction of sp³-hybridized carbons (Fsp3) is 0.776. The van der Waals surface area contributed by atoms with E-state index in [0.29, 0.717) is 19.3 Å². The van der Waals surface area contributed by atoms with Crippen molar-refractivity contribution in [2.24, 2.45) is 0 Å². The third-order valence-electron chi connectivity index (χ3n) is 15.6. The van der Waals surface area contributed by atoms with Gasteiger partial charge in [-0.15, -0.1) is 0 Å². The monoisotopic (exact) mass is 1140 g/mol. The maximum atomic E-state index is 13.0. The summed E-state index contributed by atoms with van der Waals surface area (Å²) in [4.78, 5) is 38.5. The maximum absolute atomic E-state index is 13.0. The normalized spacial score (nSPS) is 12.6. The molecule has 0 aromatic heterocycles. The molecule has 1 unspecified atom stereocenters. The lowest BCUT2D eigenvalue weighted by atomic mass is 10.0. The molecule has 0 N–H and O–H groups in total. The lowest BCUT2D eigenvalue weighted by Crippen LogP contribution is -2.30. The summed E-state index contributed by atoms with van der Waals surface area (Å²) < 4.78 is 17.0. The molecule has 0 heterocycles. The van der Waals surface area contributed by atoms with E-state index < -0.39 is 6.10 Å². The molecule has 0 aromatic carbocycles. The van der Waals surface area contributed by atoms with Crippen LogP contribution in [0.5, 0.6) is 0 Å². The smallest absolute Gasteiger partial charge is 0.306 e. The number of rotatable bonds is 65. The molecule has 474 valence electrons. The highest BCUT2D eigenvalue weighted by molar-refractivity contribution is 5.71. The second kappa shape index (κ2) is 70.1. The highest BCUT2D eigenvalue weighted by Gasteiger charge is 2.19. The van der Waals surface area contributed by atoms with Crippen molar-refractivity contribution in [2.45, 2.75) is 367 Å². The Labute approximate surface area is 509 Å². The zero-order valence-corrected chi connectivity index (χ0v) is 54.5. The van der Waals surface area contributed by atoms with Gasteiger partial charge in [-0.3, -0.25) is 14.4 Å². The van der Waals surface area contributed by atoms with Gasteiger partial charge >= 0.3 is 17.9 Å². The van der Waals surface area contributed by atoms with E-state index >= 15 is 0 Å². The fourth-order valence-corrected chi connectivity index (χ4v) is 10.3. The molecular weight excluding hydrogens is 1010 g/mol. The van der Waals surface area contributed by atoms with Crippen LogP contribution >= 0.6 is 0 Å². The van der Waals surface area contributed by atoms with E-state index in [-0.39, 0.29) is 31.1 Å². The predicted molar refractivity (Wildman–Crippen MR) is 358 cm³/mol. The molecule has 0 aliphatic rings. The SMILES string of the molecule is CC/C=C\C/C=C\C/C=C\C/C=C\CCCCCCC(=O)OCC(COC(=O)CCCCCCCCCCCCCCCCCCCCCCCCCC)OC(=O)CCCCCCCCCC/C=C\C/C=C\C/C=C\CCCCCCC. The maximum Gasteiger partial charge on any atom is 0.306 e. The van der Waals surface area contributed by atoms with Crippen LogP contribution in [-0.2, 0) is 28.6 Å². The van der Waals surface area contributed by atoms with Gasteiger partial charge in [0.05, 0.1) is 0 Å². The number of esters is 3. The molecule has 0 fully saturated rings. The van der Waals surface area contributed by atoms with Gasteiger partial charge in [-0.25, -0.2) is 0 Å². The molecule has 6 nitrogen and oxygen atoms in total. The third kappa shape index (κ3) is 67.4. The highest BCUT2D eigenvalue weighted by atomic mass is 16.6. The Morgan fingerprint density at radius 1 is 0.256 bits per heavy atom. The molecular formula is C76H134O6. The van der Waals surface area contributed by atoms with Gasteiger partial charge in [0.15, 0.2) is 6.10 Å². The van der Waals surface area contributed by atoms with E-state index in [2.05, 4.69) is 106 Å². The van der Waals surface area contributed by atoms with E-state index in [1.54, 1.807) is 0 Å². The number of hydrogen-bond donors (Lipinski definition) is 0. The van der Waals surface area contributed by atoms with Crippen molar-refractivity contribution in [2.75, 3.05) is 13.2 Å². The largest absolute Gasteiger partial charge is 0.462 e. The number of carbonyl (C=O) groups excluding carboxylic acids is 3. The van der Waals surface area contributed by atoms with E-state index in [1.165, 1.54) is 205 Å². The number of unbranched alkanes of at least 4 members (excludes halogenated alkanes) is 40. The lowest BCUT2D eigenvalue weighted by Gasteiger charge is -2.18. The first-order chi connectivity index (χ1) is 40.5. The molecule has 0 radical (unpaired) electrons. The van der Waals surface area contributed by atoms with Gasteiger partial charge in [0, 0.05) is 19.3 Å². The summed E-state index contributed by atoms with van der Waals surface area (Å²) in [6.07, 6.45) is 93.2. The van der Waals surface area contributed by atoms with Gasteiger partial charge in [-0.1, -0.05) is 331 Å². The molecule has 6 heteroatoms. The van der Waals surface area contributed by atoms with Gasteiger partial charge in [0.2, 0.25) is 0 Å². The molecule has 0 saturated carbocycles. The summed E-state index contributed by atoms with van der Waals surface area (Å²) in [5.41, 5.74) is 0. The van der Waals surface area contributed by atoms with Crippen molar-refractivity contribution in [1.82, 2.24) is 0 Å². The van der Waals surface area contributed by atoms with Crippen LogP contribution in [0.1, 0.15) is 361 Å². The minimum atomic E-state index is -0.793. The molecule has 0 bridgehead atoms. The summed E-state index contributed by atoms with van der Waals surface area (Å²) in [7, 11) is 0. The van der Waals surface area contributed by atoms with Gasteiger partial charge in [-0.2, -0.15) is 0 Å². The Morgan fingerprint density at radius 2 is 0.476 bits per heavy atom. The van der Waals surface area contributed by atoms with Crippen molar-refractivity contribution < 1.29 is 28.6 Å². The highest BCUT2D eigenvalue weighted by Crippen LogP contribution is 2.18. The number of hydrogen-bond acceptors (Lipinski definition) is 6. The van der Waals surface area contributed by atoms with Crippen molar-refractivity contribution >= 4 is 17.9 Å². The first-order valence-electron chi connectivity index (χ1n) is 35.6. The van der Waals surface area contributed by atoms with Gasteiger partial charge in [-0.05, 0) is 96.3 Å². The number of carbonyl (C=O) groups is 3. The summed E-state index contributed by atoms with van der Waals surface area (Å²) >= 11 is 0.